The first-order valence-electron chi connectivity index (χ1n) is 6.02. The molecule has 0 radical (unpaired) electrons. The summed E-state index contributed by atoms with van der Waals surface area (Å²) < 4.78 is 5.47. The van der Waals surface area contributed by atoms with Gasteiger partial charge in [0.15, 0.2) is 0 Å². The maximum atomic E-state index is 11.6. The van der Waals surface area contributed by atoms with Crippen LogP contribution in [-0.4, -0.2) is 50.0 Å². The lowest BCUT2D eigenvalue weighted by atomic mass is 10.3. The van der Waals surface area contributed by atoms with E-state index in [2.05, 4.69) is 5.32 Å². The van der Waals surface area contributed by atoms with Gasteiger partial charge in [0.1, 0.15) is 12.4 Å². The second-order valence-corrected chi connectivity index (χ2v) is 3.96. The van der Waals surface area contributed by atoms with Crippen LogP contribution in [0.1, 0.15) is 0 Å². The van der Waals surface area contributed by atoms with Gasteiger partial charge in [-0.15, -0.1) is 0 Å². The molecule has 0 saturated carbocycles. The van der Waals surface area contributed by atoms with Crippen molar-refractivity contribution in [1.82, 2.24) is 10.2 Å². The lowest BCUT2D eigenvalue weighted by Gasteiger charge is -2.17. The van der Waals surface area contributed by atoms with Crippen LogP contribution in [0.5, 0.6) is 5.75 Å². The van der Waals surface area contributed by atoms with E-state index >= 15 is 0 Å². The summed E-state index contributed by atoms with van der Waals surface area (Å²) in [5, 5.41) is 2.43. The standard InChI is InChI=1S/C13H19N3O3/c1-16(13(18)10-15-12(17)9-14)7-8-19-11-5-3-2-4-6-11/h2-6H,7-10,14H2,1H3,(H,15,17). The molecular weight excluding hydrogens is 246 g/mol. The Morgan fingerprint density at radius 3 is 2.63 bits per heavy atom. The molecule has 0 unspecified atom stereocenters. The number of rotatable bonds is 7. The van der Waals surface area contributed by atoms with Crippen molar-refractivity contribution in [2.45, 2.75) is 0 Å². The number of hydrogen-bond acceptors (Lipinski definition) is 4. The quantitative estimate of drug-likeness (QED) is 0.702. The van der Waals surface area contributed by atoms with E-state index in [1.54, 1.807) is 7.05 Å². The van der Waals surface area contributed by atoms with E-state index < -0.39 is 0 Å². The number of amides is 2. The molecule has 1 rings (SSSR count). The van der Waals surface area contributed by atoms with Crippen LogP contribution >= 0.6 is 0 Å². The van der Waals surface area contributed by atoms with Crippen molar-refractivity contribution in [3.63, 3.8) is 0 Å². The first-order chi connectivity index (χ1) is 9.13. The van der Waals surface area contributed by atoms with Crippen LogP contribution in [0.2, 0.25) is 0 Å². The number of carbonyl (C=O) groups excluding carboxylic acids is 2. The lowest BCUT2D eigenvalue weighted by molar-refractivity contribution is -0.131. The van der Waals surface area contributed by atoms with E-state index in [0.29, 0.717) is 13.2 Å². The highest BCUT2D eigenvalue weighted by molar-refractivity contribution is 5.85. The van der Waals surface area contributed by atoms with Crippen molar-refractivity contribution in [3.8, 4) is 5.75 Å². The summed E-state index contributed by atoms with van der Waals surface area (Å²) >= 11 is 0. The first kappa shape index (κ1) is 15.0. The summed E-state index contributed by atoms with van der Waals surface area (Å²) in [4.78, 5) is 24.0. The molecule has 3 N–H and O–H groups in total. The van der Waals surface area contributed by atoms with Crippen molar-refractivity contribution < 1.29 is 14.3 Å². The maximum absolute atomic E-state index is 11.6. The topological polar surface area (TPSA) is 84.7 Å². The van der Waals surface area contributed by atoms with Gasteiger partial charge < -0.3 is 20.7 Å². The van der Waals surface area contributed by atoms with Gasteiger partial charge in [-0.3, -0.25) is 9.59 Å². The third-order valence-corrected chi connectivity index (χ3v) is 2.49. The van der Waals surface area contributed by atoms with E-state index in [1.807, 2.05) is 30.3 Å². The highest BCUT2D eigenvalue weighted by atomic mass is 16.5. The van der Waals surface area contributed by atoms with Crippen LogP contribution in [0.15, 0.2) is 30.3 Å². The summed E-state index contributed by atoms with van der Waals surface area (Å²) in [5.41, 5.74) is 5.12. The van der Waals surface area contributed by atoms with E-state index in [-0.39, 0.29) is 24.9 Å². The summed E-state index contributed by atoms with van der Waals surface area (Å²) in [5.74, 6) is 0.237. The Balaban J connectivity index is 2.21. The van der Waals surface area contributed by atoms with Crippen molar-refractivity contribution >= 4 is 11.8 Å². The number of carbonyl (C=O) groups is 2. The molecule has 0 aliphatic rings. The molecule has 104 valence electrons. The third-order valence-electron chi connectivity index (χ3n) is 2.49. The van der Waals surface area contributed by atoms with Crippen molar-refractivity contribution in [2.24, 2.45) is 5.73 Å². The molecular formula is C13H19N3O3. The fourth-order valence-electron chi connectivity index (χ4n) is 1.32. The van der Waals surface area contributed by atoms with Gasteiger partial charge in [0.25, 0.3) is 0 Å². The maximum Gasteiger partial charge on any atom is 0.241 e. The van der Waals surface area contributed by atoms with Crippen molar-refractivity contribution in [3.05, 3.63) is 30.3 Å². The van der Waals surface area contributed by atoms with Crippen molar-refractivity contribution in [2.75, 3.05) is 33.3 Å². The van der Waals surface area contributed by atoms with Gasteiger partial charge in [-0.25, -0.2) is 0 Å². The zero-order valence-corrected chi connectivity index (χ0v) is 11.0. The summed E-state index contributed by atoms with van der Waals surface area (Å²) in [7, 11) is 1.66. The van der Waals surface area contributed by atoms with E-state index in [0.717, 1.165) is 5.75 Å². The predicted octanol–water partition coefficient (Wildman–Crippen LogP) is -0.401. The normalized spacial score (nSPS) is 9.79. The second-order valence-electron chi connectivity index (χ2n) is 3.96. The fourth-order valence-corrected chi connectivity index (χ4v) is 1.32. The zero-order valence-electron chi connectivity index (χ0n) is 11.0. The van der Waals surface area contributed by atoms with E-state index in [1.165, 1.54) is 4.90 Å². The summed E-state index contributed by atoms with van der Waals surface area (Å²) in [6, 6.07) is 9.37. The fraction of sp³-hybridized carbons (Fsp3) is 0.385. The van der Waals surface area contributed by atoms with Crippen LogP contribution in [-0.2, 0) is 9.59 Å². The Hall–Kier alpha value is -2.08. The molecule has 1 aromatic rings. The van der Waals surface area contributed by atoms with Crippen molar-refractivity contribution in [1.29, 1.82) is 0 Å². The Morgan fingerprint density at radius 2 is 2.00 bits per heavy atom. The molecule has 0 saturated heterocycles. The molecule has 0 atom stereocenters. The average Bonchev–Trinajstić information content (AvgIpc) is 2.45. The third kappa shape index (κ3) is 5.87. The second kappa shape index (κ2) is 8.10. The van der Waals surface area contributed by atoms with Crippen LogP contribution in [0.25, 0.3) is 0 Å². The average molecular weight is 265 g/mol. The molecule has 0 aliphatic carbocycles. The number of nitrogens with zero attached hydrogens (tertiary/aromatic N) is 1. The zero-order chi connectivity index (χ0) is 14.1. The van der Waals surface area contributed by atoms with Gasteiger partial charge in [0.05, 0.1) is 19.6 Å². The summed E-state index contributed by atoms with van der Waals surface area (Å²) in [6.45, 7) is 0.690. The predicted molar refractivity (Wildman–Crippen MR) is 71.6 cm³/mol. The van der Waals surface area contributed by atoms with Gasteiger partial charge >= 0.3 is 0 Å². The van der Waals surface area contributed by atoms with Gasteiger partial charge in [0.2, 0.25) is 11.8 Å². The molecule has 6 heteroatoms. The van der Waals surface area contributed by atoms with Crippen LogP contribution in [0, 0.1) is 0 Å². The molecule has 0 aromatic heterocycles. The minimum atomic E-state index is -0.345. The molecule has 6 nitrogen and oxygen atoms in total. The monoisotopic (exact) mass is 265 g/mol. The van der Waals surface area contributed by atoms with Crippen LogP contribution < -0.4 is 15.8 Å². The molecule has 19 heavy (non-hydrogen) atoms. The van der Waals surface area contributed by atoms with Crippen LogP contribution in [0.3, 0.4) is 0 Å². The summed E-state index contributed by atoms with van der Waals surface area (Å²) in [6.07, 6.45) is 0. The molecule has 0 aliphatic heterocycles. The minimum Gasteiger partial charge on any atom is -0.492 e. The molecule has 0 bridgehead atoms. The number of hydrogen-bond donors (Lipinski definition) is 2. The smallest absolute Gasteiger partial charge is 0.241 e. The van der Waals surface area contributed by atoms with Gasteiger partial charge in [-0.2, -0.15) is 0 Å². The van der Waals surface area contributed by atoms with E-state index in [4.69, 9.17) is 10.5 Å². The number of para-hydroxylation sites is 1. The largest absolute Gasteiger partial charge is 0.492 e. The molecule has 0 spiro atoms. The van der Waals surface area contributed by atoms with Gasteiger partial charge in [-0.1, -0.05) is 18.2 Å². The Bertz CT molecular complexity index is 409. The number of benzene rings is 1. The molecule has 0 fully saturated rings. The molecule has 1 aromatic carbocycles. The Morgan fingerprint density at radius 1 is 1.32 bits per heavy atom. The first-order valence-corrected chi connectivity index (χ1v) is 6.02. The Kier molecular flexibility index (Phi) is 6.38. The SMILES string of the molecule is CN(CCOc1ccccc1)C(=O)CNC(=O)CN. The van der Waals surface area contributed by atoms with Crippen LogP contribution in [0.4, 0.5) is 0 Å². The minimum absolute atomic E-state index is 0.0438. The molecule has 0 heterocycles. The highest BCUT2D eigenvalue weighted by Crippen LogP contribution is 2.07. The number of ether oxygens (including phenoxy) is 1. The van der Waals surface area contributed by atoms with E-state index in [9.17, 15) is 9.59 Å². The number of nitrogens with one attached hydrogen (secondary N) is 1. The Labute approximate surface area is 112 Å². The number of likely N-dealkylation sites (N-methyl/N-ethyl adjacent to an activating group) is 1. The highest BCUT2D eigenvalue weighted by Gasteiger charge is 2.09. The lowest BCUT2D eigenvalue weighted by Crippen LogP contribution is -2.41. The number of nitrogens with two attached hydrogens (primary N) is 1. The molecule has 2 amide bonds. The van der Waals surface area contributed by atoms with Gasteiger partial charge in [-0.05, 0) is 12.1 Å². The van der Waals surface area contributed by atoms with Gasteiger partial charge in [0, 0.05) is 7.05 Å².